The fourth-order valence-corrected chi connectivity index (χ4v) is 7.77. The Kier molecular flexibility index (Phi) is 6.57. The Morgan fingerprint density at radius 3 is 2.52 bits per heavy atom. The second kappa shape index (κ2) is 9.73. The van der Waals surface area contributed by atoms with Gasteiger partial charge in [0.05, 0.1) is 12.8 Å². The number of ketones is 1. The molecule has 0 radical (unpaired) electrons. The number of rotatable bonds is 7. The zero-order valence-electron chi connectivity index (χ0n) is 23.6. The zero-order valence-corrected chi connectivity index (χ0v) is 24.4. The number of carbonyl (C=O) groups is 2. The van der Waals surface area contributed by atoms with Crippen LogP contribution in [0, 0.1) is 5.41 Å². The lowest BCUT2D eigenvalue weighted by molar-refractivity contribution is -0.118. The molecule has 2 fully saturated rings. The molecule has 3 aromatic rings. The van der Waals surface area contributed by atoms with E-state index in [-0.39, 0.29) is 17.1 Å². The van der Waals surface area contributed by atoms with E-state index in [4.69, 9.17) is 4.74 Å². The van der Waals surface area contributed by atoms with Crippen molar-refractivity contribution >= 4 is 32.8 Å². The van der Waals surface area contributed by atoms with Crippen molar-refractivity contribution in [2.45, 2.75) is 70.3 Å². The summed E-state index contributed by atoms with van der Waals surface area (Å²) in [5.74, 6) is 0.981. The van der Waals surface area contributed by atoms with Gasteiger partial charge in [-0.05, 0) is 79.5 Å². The SMILES string of the molecule is COc1ccc2c(c1)C1CC1(CC(C)=O)Cn1c-2c(C2CCCCC2)c2ccc(C(=O)NS(=O)(=O)N(C)C)cc21. The third-order valence-electron chi connectivity index (χ3n) is 9.23. The number of hydrogen-bond donors (Lipinski definition) is 1. The van der Waals surface area contributed by atoms with Gasteiger partial charge < -0.3 is 14.1 Å². The van der Waals surface area contributed by atoms with Crippen LogP contribution in [0.4, 0.5) is 0 Å². The molecule has 212 valence electrons. The third-order valence-corrected chi connectivity index (χ3v) is 10.6. The molecule has 3 aliphatic rings. The van der Waals surface area contributed by atoms with Crippen molar-refractivity contribution in [2.75, 3.05) is 21.2 Å². The number of benzene rings is 2. The highest BCUT2D eigenvalue weighted by atomic mass is 32.2. The van der Waals surface area contributed by atoms with Gasteiger partial charge in [0.15, 0.2) is 0 Å². The molecule has 2 unspecified atom stereocenters. The number of fused-ring (bicyclic) bond motifs is 7. The molecule has 8 nitrogen and oxygen atoms in total. The Labute approximate surface area is 235 Å². The van der Waals surface area contributed by atoms with Gasteiger partial charge in [-0.25, -0.2) is 4.72 Å². The van der Waals surface area contributed by atoms with Crippen molar-refractivity contribution in [3.63, 3.8) is 0 Å². The molecule has 6 rings (SSSR count). The standard InChI is InChI=1S/C31H37N3O5S/c1-19(35)16-31-17-26(31)25-15-22(39-4)11-13-23(25)29-28(20-8-6-5-7-9-20)24-12-10-21(14-27(24)34(29)18-31)30(36)32-40(37,38)33(2)3/h10-15,20,26H,5-9,16-18H2,1-4H3,(H,32,36). The summed E-state index contributed by atoms with van der Waals surface area (Å²) < 4.78 is 35.9. The molecule has 0 spiro atoms. The summed E-state index contributed by atoms with van der Waals surface area (Å²) >= 11 is 0. The maximum Gasteiger partial charge on any atom is 0.303 e. The Morgan fingerprint density at radius 2 is 1.85 bits per heavy atom. The van der Waals surface area contributed by atoms with E-state index in [0.717, 1.165) is 40.2 Å². The van der Waals surface area contributed by atoms with Crippen LogP contribution in [0.5, 0.6) is 5.75 Å². The third kappa shape index (κ3) is 4.43. The van der Waals surface area contributed by atoms with E-state index in [2.05, 4.69) is 21.4 Å². The molecule has 1 N–H and O–H groups in total. The average Bonchev–Trinajstić information content (AvgIpc) is 3.54. The van der Waals surface area contributed by atoms with E-state index in [1.165, 1.54) is 55.7 Å². The summed E-state index contributed by atoms with van der Waals surface area (Å²) in [5.41, 5.74) is 5.91. The van der Waals surface area contributed by atoms with E-state index in [9.17, 15) is 18.0 Å². The van der Waals surface area contributed by atoms with E-state index >= 15 is 0 Å². The highest BCUT2D eigenvalue weighted by molar-refractivity contribution is 7.87. The number of aromatic nitrogens is 1. The van der Waals surface area contributed by atoms with Crippen molar-refractivity contribution in [1.82, 2.24) is 13.6 Å². The van der Waals surface area contributed by atoms with Crippen LogP contribution in [0.15, 0.2) is 36.4 Å². The van der Waals surface area contributed by atoms with Gasteiger partial charge in [-0.15, -0.1) is 0 Å². The largest absolute Gasteiger partial charge is 0.497 e. The molecular formula is C31H37N3O5S. The van der Waals surface area contributed by atoms with Gasteiger partial charge in [-0.2, -0.15) is 12.7 Å². The molecule has 2 saturated carbocycles. The molecule has 0 bridgehead atoms. The van der Waals surface area contributed by atoms with Gasteiger partial charge in [0.1, 0.15) is 11.5 Å². The van der Waals surface area contributed by atoms with Gasteiger partial charge in [0, 0.05) is 54.5 Å². The monoisotopic (exact) mass is 563 g/mol. The molecule has 0 saturated heterocycles. The van der Waals surface area contributed by atoms with E-state index in [0.29, 0.717) is 24.4 Å². The molecule has 1 aliphatic heterocycles. The lowest BCUT2D eigenvalue weighted by Crippen LogP contribution is -2.39. The minimum Gasteiger partial charge on any atom is -0.497 e. The number of carbonyl (C=O) groups excluding carboxylic acids is 2. The average molecular weight is 564 g/mol. The predicted molar refractivity (Wildman–Crippen MR) is 155 cm³/mol. The first-order valence-electron chi connectivity index (χ1n) is 14.1. The lowest BCUT2D eigenvalue weighted by atomic mass is 9.81. The van der Waals surface area contributed by atoms with Crippen LogP contribution in [-0.2, 0) is 21.5 Å². The van der Waals surface area contributed by atoms with Crippen molar-refractivity contribution in [1.29, 1.82) is 0 Å². The number of methoxy groups -OCH3 is 1. The van der Waals surface area contributed by atoms with Crippen LogP contribution in [-0.4, -0.2) is 50.2 Å². The number of nitrogens with one attached hydrogen (secondary N) is 1. The van der Waals surface area contributed by atoms with Crippen molar-refractivity contribution in [2.24, 2.45) is 5.41 Å². The summed E-state index contributed by atoms with van der Waals surface area (Å²) in [5, 5.41) is 1.10. The highest BCUT2D eigenvalue weighted by Crippen LogP contribution is 2.67. The number of Topliss-reactive ketones (excluding diaryl/α,β-unsaturated/α-hetero) is 1. The molecule has 2 aliphatic carbocycles. The second-order valence-electron chi connectivity index (χ2n) is 12.1. The molecule has 9 heteroatoms. The van der Waals surface area contributed by atoms with Gasteiger partial charge in [0.25, 0.3) is 5.91 Å². The predicted octanol–water partition coefficient (Wildman–Crippen LogP) is 5.37. The molecule has 1 aromatic heterocycles. The highest BCUT2D eigenvalue weighted by Gasteiger charge is 2.58. The zero-order chi connectivity index (χ0) is 28.4. The molecule has 1 amide bonds. The fourth-order valence-electron chi connectivity index (χ4n) is 7.24. The second-order valence-corrected chi connectivity index (χ2v) is 14.0. The van der Waals surface area contributed by atoms with Crippen LogP contribution in [0.3, 0.4) is 0 Å². The maximum atomic E-state index is 13.1. The van der Waals surface area contributed by atoms with Crippen LogP contribution in [0.2, 0.25) is 0 Å². The van der Waals surface area contributed by atoms with Crippen molar-refractivity contribution in [3.8, 4) is 17.0 Å². The number of hydrogen-bond acceptors (Lipinski definition) is 5. The molecule has 2 heterocycles. The normalized spacial score (nSPS) is 22.3. The lowest BCUT2D eigenvalue weighted by Gasteiger charge is -2.24. The summed E-state index contributed by atoms with van der Waals surface area (Å²) in [6.45, 7) is 2.34. The Balaban J connectivity index is 1.59. The summed E-state index contributed by atoms with van der Waals surface area (Å²) in [6, 6.07) is 11.9. The van der Waals surface area contributed by atoms with E-state index in [1.54, 1.807) is 20.1 Å². The number of amides is 1. The number of ether oxygens (including phenoxy) is 1. The minimum atomic E-state index is -3.93. The number of nitrogens with zero attached hydrogens (tertiary/aromatic N) is 2. The van der Waals surface area contributed by atoms with Crippen LogP contribution < -0.4 is 9.46 Å². The Bertz CT molecular complexity index is 1630. The van der Waals surface area contributed by atoms with Crippen LogP contribution in [0.25, 0.3) is 22.2 Å². The Morgan fingerprint density at radius 1 is 1.10 bits per heavy atom. The molecule has 2 aromatic carbocycles. The van der Waals surface area contributed by atoms with Gasteiger partial charge in [-0.1, -0.05) is 25.3 Å². The van der Waals surface area contributed by atoms with Crippen molar-refractivity contribution in [3.05, 3.63) is 53.1 Å². The maximum absolute atomic E-state index is 13.1. The molecule has 40 heavy (non-hydrogen) atoms. The summed E-state index contributed by atoms with van der Waals surface area (Å²) in [6.07, 6.45) is 7.26. The van der Waals surface area contributed by atoms with Crippen molar-refractivity contribution < 1.29 is 22.7 Å². The molecule has 2 atom stereocenters. The first-order chi connectivity index (χ1) is 19.0. The van der Waals surface area contributed by atoms with Gasteiger partial charge in [0.2, 0.25) is 0 Å². The Hall–Kier alpha value is -3.17. The topological polar surface area (TPSA) is 97.7 Å². The summed E-state index contributed by atoms with van der Waals surface area (Å²) in [7, 11) is 0.522. The first-order valence-corrected chi connectivity index (χ1v) is 15.6. The minimum absolute atomic E-state index is 0.174. The molecular weight excluding hydrogens is 526 g/mol. The van der Waals surface area contributed by atoms with E-state index < -0.39 is 16.1 Å². The quantitative estimate of drug-likeness (QED) is 0.417. The smallest absolute Gasteiger partial charge is 0.303 e. The van der Waals surface area contributed by atoms with Gasteiger partial charge >= 0.3 is 10.2 Å². The fraction of sp³-hybridized carbons (Fsp3) is 0.484. The van der Waals surface area contributed by atoms with Crippen LogP contribution >= 0.6 is 0 Å². The van der Waals surface area contributed by atoms with E-state index in [1.807, 2.05) is 18.2 Å². The summed E-state index contributed by atoms with van der Waals surface area (Å²) in [4.78, 5) is 25.6. The van der Waals surface area contributed by atoms with Crippen LogP contribution in [0.1, 0.15) is 85.2 Å². The first kappa shape index (κ1) is 27.0. The van der Waals surface area contributed by atoms with Gasteiger partial charge in [-0.3, -0.25) is 4.79 Å².